The van der Waals surface area contributed by atoms with Crippen LogP contribution in [-0.2, 0) is 39.4 Å². The smallest absolute Gasteiger partial charge is 0.396 e. The van der Waals surface area contributed by atoms with Crippen molar-refractivity contribution in [3.8, 4) is 0 Å². The highest BCUT2D eigenvalue weighted by Gasteiger charge is 2.26. The number of aromatic amines is 1. The van der Waals surface area contributed by atoms with Crippen LogP contribution in [-0.4, -0.2) is 64.8 Å². The second kappa shape index (κ2) is 17.6. The lowest BCUT2D eigenvalue weighted by Crippen LogP contribution is -2.47. The van der Waals surface area contributed by atoms with Crippen LogP contribution in [0.25, 0.3) is 11.6 Å². The molecule has 0 bridgehead atoms. The van der Waals surface area contributed by atoms with Crippen LogP contribution in [0, 0.1) is 25.6 Å². The van der Waals surface area contributed by atoms with Crippen LogP contribution in [0.15, 0.2) is 18.2 Å². The third kappa shape index (κ3) is 10.5. The lowest BCUT2D eigenvalue weighted by Gasteiger charge is -2.18. The molecule has 2 unspecified atom stereocenters. The van der Waals surface area contributed by atoms with E-state index in [1.54, 1.807) is 6.08 Å². The number of hydrogen-bond acceptors (Lipinski definition) is 9. The average molecular weight is 665 g/mol. The summed E-state index contributed by atoms with van der Waals surface area (Å²) in [7, 11) is -2.66. The minimum absolute atomic E-state index is 0.0198. The van der Waals surface area contributed by atoms with Gasteiger partial charge in [0, 0.05) is 59.1 Å². The summed E-state index contributed by atoms with van der Waals surface area (Å²) in [6, 6.07) is 3.10. The van der Waals surface area contributed by atoms with Crippen LogP contribution in [0.3, 0.4) is 0 Å². The van der Waals surface area contributed by atoms with E-state index in [4.69, 9.17) is 15.5 Å². The topological polar surface area (TPSA) is 222 Å². The van der Waals surface area contributed by atoms with E-state index in [2.05, 4.69) is 25.6 Å². The summed E-state index contributed by atoms with van der Waals surface area (Å²) in [4.78, 5) is 52.9. The number of unbranched alkanes of at least 4 members (excludes halogenated alkanes) is 1. The Morgan fingerprint density at radius 3 is 2.63 bits per heavy atom. The number of aliphatic hydroxyl groups excluding tert-OH is 1. The van der Waals surface area contributed by atoms with E-state index >= 15 is 0 Å². The first kappa shape index (κ1) is 36.5. The van der Waals surface area contributed by atoms with Gasteiger partial charge in [-0.25, -0.2) is 9.65 Å². The van der Waals surface area contributed by atoms with E-state index in [0.29, 0.717) is 48.2 Å². The average Bonchev–Trinajstić information content (AvgIpc) is 3.47. The number of anilines is 1. The van der Waals surface area contributed by atoms with Crippen molar-refractivity contribution >= 4 is 49.2 Å². The van der Waals surface area contributed by atoms with Gasteiger partial charge in [-0.1, -0.05) is 6.42 Å². The maximum absolute atomic E-state index is 13.8. The minimum atomic E-state index is -2.66. The number of nitrogens with two attached hydrogens (primary N) is 1. The number of amides is 4. The standard InChI is InChI=1S/C30H39FN5O9P/c1-17-21(18(2)34-26(17)14-23-22-13-20(31)6-8-24(22)36-29(23)40)7-11-28(39)35-25(9-10-27(32)38)30(41)33-12-4-3-5-19(15-37)16-44-46(43)45-42/h6,8,13-14,19,25,34,37H,3-5,7,9-12,15-16H2,1-2H3,(H5-,32,33,35,36,38,39,40,41,42)/p+1/b23-14-/t19?,25-/m0/s1. The molecular formula is C30H40FN5O9P+. The molecule has 0 radical (unpaired) electrons. The number of hydrogen-bond donors (Lipinski definition) is 7. The first-order valence-electron chi connectivity index (χ1n) is 14.8. The van der Waals surface area contributed by atoms with Crippen molar-refractivity contribution in [3.63, 3.8) is 0 Å². The molecule has 14 nitrogen and oxygen atoms in total. The van der Waals surface area contributed by atoms with Crippen LogP contribution >= 0.6 is 8.25 Å². The number of primary amides is 1. The molecule has 0 aliphatic carbocycles. The third-order valence-corrected chi connectivity index (χ3v) is 8.19. The molecule has 250 valence electrons. The Balaban J connectivity index is 1.55. The van der Waals surface area contributed by atoms with Crippen LogP contribution in [0.5, 0.6) is 0 Å². The van der Waals surface area contributed by atoms with Gasteiger partial charge >= 0.3 is 8.25 Å². The number of halogens is 1. The summed E-state index contributed by atoms with van der Waals surface area (Å²) >= 11 is 0. The van der Waals surface area contributed by atoms with Gasteiger partial charge in [-0.2, -0.15) is 0 Å². The summed E-state index contributed by atoms with van der Waals surface area (Å²) in [5.41, 5.74) is 9.71. The van der Waals surface area contributed by atoms with E-state index in [-0.39, 0.29) is 50.8 Å². The van der Waals surface area contributed by atoms with Crippen molar-refractivity contribution in [1.29, 1.82) is 0 Å². The van der Waals surface area contributed by atoms with Gasteiger partial charge in [0.1, 0.15) is 18.5 Å². The molecule has 1 aliphatic heterocycles. The number of benzene rings is 1. The van der Waals surface area contributed by atoms with Crippen molar-refractivity contribution in [2.24, 2.45) is 11.7 Å². The number of H-pyrrole nitrogens is 1. The van der Waals surface area contributed by atoms with Gasteiger partial charge in [-0.05, 0) is 74.9 Å². The van der Waals surface area contributed by atoms with E-state index in [0.717, 1.165) is 16.8 Å². The minimum Gasteiger partial charge on any atom is -0.396 e. The quantitative estimate of drug-likeness (QED) is 0.0385. The Morgan fingerprint density at radius 2 is 1.93 bits per heavy atom. The van der Waals surface area contributed by atoms with Crippen molar-refractivity contribution in [3.05, 3.63) is 52.1 Å². The van der Waals surface area contributed by atoms with Crippen molar-refractivity contribution in [2.45, 2.75) is 64.8 Å². The molecule has 0 saturated carbocycles. The number of fused-ring (bicyclic) bond motifs is 1. The largest absolute Gasteiger partial charge is 0.728 e. The predicted molar refractivity (Wildman–Crippen MR) is 167 cm³/mol. The van der Waals surface area contributed by atoms with Crippen LogP contribution in [0.2, 0.25) is 0 Å². The van der Waals surface area contributed by atoms with Gasteiger partial charge in [0.25, 0.3) is 5.91 Å². The van der Waals surface area contributed by atoms with Crippen molar-refractivity contribution in [2.75, 3.05) is 25.1 Å². The van der Waals surface area contributed by atoms with Gasteiger partial charge in [0.15, 0.2) is 0 Å². The molecule has 1 aliphatic rings. The molecule has 3 rings (SSSR count). The summed E-state index contributed by atoms with van der Waals surface area (Å²) in [6.45, 7) is 3.66. The molecule has 46 heavy (non-hydrogen) atoms. The molecular weight excluding hydrogens is 624 g/mol. The number of rotatable bonds is 19. The monoisotopic (exact) mass is 664 g/mol. The van der Waals surface area contributed by atoms with E-state index in [9.17, 15) is 33.2 Å². The van der Waals surface area contributed by atoms with Crippen molar-refractivity contribution < 1.29 is 47.7 Å². The number of aryl methyl sites for hydroxylation is 1. The molecule has 16 heteroatoms. The fourth-order valence-electron chi connectivity index (χ4n) is 5.15. The lowest BCUT2D eigenvalue weighted by atomic mass is 10.0. The summed E-state index contributed by atoms with van der Waals surface area (Å²) in [5.74, 6) is -2.63. The Hall–Kier alpha value is -4.01. The number of nitrogens with one attached hydrogen (secondary N) is 4. The lowest BCUT2D eigenvalue weighted by molar-refractivity contribution is -0.142. The highest BCUT2D eigenvalue weighted by Crippen LogP contribution is 2.34. The van der Waals surface area contributed by atoms with E-state index < -0.39 is 37.8 Å². The summed E-state index contributed by atoms with van der Waals surface area (Å²) in [5, 5.41) is 25.9. The second-order valence-electron chi connectivity index (χ2n) is 11.0. The fraction of sp³-hybridized carbons (Fsp3) is 0.467. The van der Waals surface area contributed by atoms with Gasteiger partial charge in [-0.15, -0.1) is 4.52 Å². The van der Waals surface area contributed by atoms with Crippen LogP contribution in [0.4, 0.5) is 10.1 Å². The number of aromatic nitrogens is 1. The molecule has 4 amide bonds. The Morgan fingerprint density at radius 1 is 1.17 bits per heavy atom. The molecule has 1 aromatic carbocycles. The Bertz CT molecular complexity index is 1480. The fourth-order valence-corrected chi connectivity index (χ4v) is 5.53. The van der Waals surface area contributed by atoms with E-state index in [1.165, 1.54) is 18.2 Å². The molecule has 2 heterocycles. The molecule has 0 fully saturated rings. The van der Waals surface area contributed by atoms with Gasteiger partial charge in [0.2, 0.25) is 17.7 Å². The molecule has 0 saturated heterocycles. The maximum Gasteiger partial charge on any atom is 0.728 e. The second-order valence-corrected chi connectivity index (χ2v) is 11.9. The van der Waals surface area contributed by atoms with Crippen molar-refractivity contribution in [1.82, 2.24) is 15.6 Å². The van der Waals surface area contributed by atoms with Gasteiger partial charge < -0.3 is 31.8 Å². The molecule has 8 N–H and O–H groups in total. The third-order valence-electron chi connectivity index (χ3n) is 7.70. The summed E-state index contributed by atoms with van der Waals surface area (Å²) in [6.07, 6.45) is 3.57. The molecule has 3 atom stereocenters. The highest BCUT2D eigenvalue weighted by atomic mass is 31.1. The zero-order chi connectivity index (χ0) is 33.8. The Kier molecular flexibility index (Phi) is 14.0. The Labute approximate surface area is 266 Å². The van der Waals surface area contributed by atoms with Gasteiger partial charge in [-0.3, -0.25) is 19.2 Å². The van der Waals surface area contributed by atoms with Gasteiger partial charge in [0.05, 0.1) is 10.2 Å². The normalized spacial score (nSPS) is 14.8. The number of aliphatic hydroxyl groups is 1. The highest BCUT2D eigenvalue weighted by molar-refractivity contribution is 7.33. The number of carbonyl (C=O) groups is 4. The van der Waals surface area contributed by atoms with E-state index in [1.807, 2.05) is 13.8 Å². The zero-order valence-electron chi connectivity index (χ0n) is 25.7. The summed E-state index contributed by atoms with van der Waals surface area (Å²) < 4.78 is 33.2. The SMILES string of the molecule is Cc1[nH]c(/C=C2\C(=O)Nc3ccc(F)cc32)c(C)c1CCC(=O)N[C@@H](CCC(N)=O)C(=O)NCCCCC(CO)CO[P+](=O)OO. The predicted octanol–water partition coefficient (Wildman–Crippen LogP) is 3.00. The molecule has 1 aromatic heterocycles. The molecule has 2 aromatic rings. The zero-order valence-corrected chi connectivity index (χ0v) is 26.6. The first-order chi connectivity index (χ1) is 21.9. The maximum atomic E-state index is 13.8. The molecule has 0 spiro atoms. The first-order valence-corrected chi connectivity index (χ1v) is 15.9. The van der Waals surface area contributed by atoms with Crippen LogP contribution in [0.1, 0.15) is 66.6 Å². The number of carbonyl (C=O) groups excluding carboxylic acids is 4. The van der Waals surface area contributed by atoms with Crippen LogP contribution < -0.4 is 21.7 Å².